The monoisotopic (exact) mass is 365 g/mol. The Morgan fingerprint density at radius 2 is 2.22 bits per heavy atom. The molecule has 7 nitrogen and oxygen atoms in total. The van der Waals surface area contributed by atoms with Gasteiger partial charge in [-0.15, -0.1) is 0 Å². The van der Waals surface area contributed by atoms with E-state index in [0.29, 0.717) is 17.8 Å². The van der Waals surface area contributed by atoms with Gasteiger partial charge in [0.2, 0.25) is 0 Å². The Morgan fingerprint density at radius 1 is 1.30 bits per heavy atom. The molecule has 0 radical (unpaired) electrons. The van der Waals surface area contributed by atoms with Crippen LogP contribution in [0.15, 0.2) is 41.2 Å². The third-order valence-electron chi connectivity index (χ3n) is 5.06. The fraction of sp³-hybridized carbons (Fsp3) is 0.400. The minimum absolute atomic E-state index is 0.0254. The molecule has 3 aromatic rings. The summed E-state index contributed by atoms with van der Waals surface area (Å²) in [5.74, 6) is -0.0254. The van der Waals surface area contributed by atoms with E-state index in [1.165, 1.54) is 0 Å². The Kier molecular flexibility index (Phi) is 5.11. The third kappa shape index (κ3) is 3.83. The first-order chi connectivity index (χ1) is 13.2. The predicted octanol–water partition coefficient (Wildman–Crippen LogP) is 2.71. The highest BCUT2D eigenvalue weighted by molar-refractivity contribution is 5.97. The Labute approximate surface area is 157 Å². The van der Waals surface area contributed by atoms with Crippen molar-refractivity contribution in [3.05, 3.63) is 53.6 Å². The van der Waals surface area contributed by atoms with Crippen LogP contribution in [0.5, 0.6) is 0 Å². The molecule has 4 heterocycles. The van der Waals surface area contributed by atoms with Crippen molar-refractivity contribution < 1.29 is 9.32 Å². The molecule has 7 heteroatoms. The van der Waals surface area contributed by atoms with E-state index < -0.39 is 0 Å². The molecular formula is C20H23N5O2. The van der Waals surface area contributed by atoms with Crippen LogP contribution < -0.4 is 5.32 Å². The van der Waals surface area contributed by atoms with Crippen LogP contribution in [-0.2, 0) is 6.54 Å². The third-order valence-corrected chi connectivity index (χ3v) is 5.06. The summed E-state index contributed by atoms with van der Waals surface area (Å²) >= 11 is 0. The van der Waals surface area contributed by atoms with E-state index in [1.807, 2.05) is 36.1 Å². The summed E-state index contributed by atoms with van der Waals surface area (Å²) in [4.78, 5) is 24.1. The van der Waals surface area contributed by atoms with Gasteiger partial charge in [-0.3, -0.25) is 9.78 Å². The molecule has 0 bridgehead atoms. The maximum absolute atomic E-state index is 13.4. The van der Waals surface area contributed by atoms with Crippen molar-refractivity contribution in [3.63, 3.8) is 0 Å². The summed E-state index contributed by atoms with van der Waals surface area (Å²) in [5, 5.41) is 8.13. The van der Waals surface area contributed by atoms with Gasteiger partial charge in [-0.05, 0) is 57.5 Å². The Bertz CT molecular complexity index is 917. The van der Waals surface area contributed by atoms with Gasteiger partial charge in [-0.2, -0.15) is 0 Å². The number of amides is 1. The zero-order valence-electron chi connectivity index (χ0n) is 15.4. The van der Waals surface area contributed by atoms with E-state index in [-0.39, 0.29) is 11.9 Å². The maximum Gasteiger partial charge on any atom is 0.257 e. The predicted molar refractivity (Wildman–Crippen MR) is 101 cm³/mol. The van der Waals surface area contributed by atoms with E-state index in [1.54, 1.807) is 12.4 Å². The second-order valence-electron chi connectivity index (χ2n) is 6.93. The molecule has 0 saturated carbocycles. The largest absolute Gasteiger partial charge is 0.336 e. The van der Waals surface area contributed by atoms with Crippen LogP contribution in [0.25, 0.3) is 11.1 Å². The second-order valence-corrected chi connectivity index (χ2v) is 6.93. The highest BCUT2D eigenvalue weighted by atomic mass is 16.5. The van der Waals surface area contributed by atoms with Crippen molar-refractivity contribution in [2.45, 2.75) is 38.8 Å². The molecule has 27 heavy (non-hydrogen) atoms. The summed E-state index contributed by atoms with van der Waals surface area (Å²) in [6.07, 6.45) is 6.31. The van der Waals surface area contributed by atoms with E-state index in [2.05, 4.69) is 20.4 Å². The Morgan fingerprint density at radius 3 is 3.07 bits per heavy atom. The van der Waals surface area contributed by atoms with Crippen LogP contribution in [-0.4, -0.2) is 45.1 Å². The average Bonchev–Trinajstić information content (AvgIpc) is 2.90. The lowest BCUT2D eigenvalue weighted by atomic mass is 10.0. The number of carbonyl (C=O) groups excluding carboxylic acids is 1. The van der Waals surface area contributed by atoms with Gasteiger partial charge in [0.25, 0.3) is 11.6 Å². The van der Waals surface area contributed by atoms with Crippen molar-refractivity contribution in [2.24, 2.45) is 0 Å². The highest BCUT2D eigenvalue weighted by Gasteiger charge is 2.27. The van der Waals surface area contributed by atoms with Crippen LogP contribution in [0.4, 0.5) is 0 Å². The highest BCUT2D eigenvalue weighted by Crippen LogP contribution is 2.22. The molecule has 1 saturated heterocycles. The number of carbonyl (C=O) groups is 1. The van der Waals surface area contributed by atoms with E-state index >= 15 is 0 Å². The zero-order valence-corrected chi connectivity index (χ0v) is 15.4. The number of nitrogens with one attached hydrogen (secondary N) is 1. The van der Waals surface area contributed by atoms with Crippen LogP contribution in [0, 0.1) is 6.92 Å². The summed E-state index contributed by atoms with van der Waals surface area (Å²) < 4.78 is 5.17. The van der Waals surface area contributed by atoms with Crippen molar-refractivity contribution in [1.82, 2.24) is 25.3 Å². The maximum atomic E-state index is 13.4. The van der Waals surface area contributed by atoms with Gasteiger partial charge in [0, 0.05) is 18.4 Å². The first kappa shape index (κ1) is 17.6. The van der Waals surface area contributed by atoms with Gasteiger partial charge < -0.3 is 14.7 Å². The molecule has 0 aromatic carbocycles. The quantitative estimate of drug-likeness (QED) is 0.765. The first-order valence-corrected chi connectivity index (χ1v) is 9.36. The van der Waals surface area contributed by atoms with Crippen LogP contribution in [0.1, 0.15) is 41.0 Å². The number of aromatic nitrogens is 3. The normalized spacial score (nSPS) is 17.6. The smallest absolute Gasteiger partial charge is 0.257 e. The molecule has 1 atom stereocenters. The Balaban J connectivity index is 1.66. The van der Waals surface area contributed by atoms with Crippen molar-refractivity contribution >= 4 is 17.0 Å². The molecule has 1 aliphatic heterocycles. The Hall–Kier alpha value is -2.80. The molecule has 0 aliphatic carbocycles. The zero-order chi connectivity index (χ0) is 18.6. The lowest BCUT2D eigenvalue weighted by molar-refractivity contribution is 0.0642. The number of nitrogens with zero attached hydrogens (tertiary/aromatic N) is 4. The van der Waals surface area contributed by atoms with Gasteiger partial charge in [0.15, 0.2) is 0 Å². The molecule has 4 rings (SSSR count). The number of hydrogen-bond donors (Lipinski definition) is 1. The number of pyridine rings is 2. The molecule has 3 aromatic heterocycles. The SMILES string of the molecule is Cc1noc2ncc(C(=O)N(Cc3ccccn3)C3CCCNCC3)cc12. The van der Waals surface area contributed by atoms with E-state index in [0.717, 1.165) is 49.1 Å². The molecule has 1 fully saturated rings. The summed E-state index contributed by atoms with van der Waals surface area (Å²) in [6, 6.07) is 7.80. The molecule has 1 unspecified atom stereocenters. The fourth-order valence-electron chi connectivity index (χ4n) is 3.57. The first-order valence-electron chi connectivity index (χ1n) is 9.36. The van der Waals surface area contributed by atoms with Gasteiger partial charge in [-0.25, -0.2) is 4.98 Å². The summed E-state index contributed by atoms with van der Waals surface area (Å²) in [5.41, 5.74) is 2.64. The fourth-order valence-corrected chi connectivity index (χ4v) is 3.57. The van der Waals surface area contributed by atoms with Gasteiger partial charge in [0.05, 0.1) is 28.9 Å². The minimum Gasteiger partial charge on any atom is -0.336 e. The number of aryl methyl sites for hydroxylation is 1. The lowest BCUT2D eigenvalue weighted by Crippen LogP contribution is -2.40. The van der Waals surface area contributed by atoms with Gasteiger partial charge in [-0.1, -0.05) is 11.2 Å². The van der Waals surface area contributed by atoms with E-state index in [9.17, 15) is 4.79 Å². The molecule has 1 aliphatic rings. The van der Waals surface area contributed by atoms with Crippen molar-refractivity contribution in [1.29, 1.82) is 0 Å². The lowest BCUT2D eigenvalue weighted by Gasteiger charge is -2.31. The number of fused-ring (bicyclic) bond motifs is 1. The number of hydrogen-bond acceptors (Lipinski definition) is 6. The van der Waals surface area contributed by atoms with Gasteiger partial charge >= 0.3 is 0 Å². The topological polar surface area (TPSA) is 84.2 Å². The van der Waals surface area contributed by atoms with Crippen molar-refractivity contribution in [2.75, 3.05) is 13.1 Å². The summed E-state index contributed by atoms with van der Waals surface area (Å²) in [6.45, 7) is 4.25. The number of rotatable bonds is 4. The molecular weight excluding hydrogens is 342 g/mol. The standard InChI is InChI=1S/C20H23N5O2/c1-14-18-11-15(12-23-19(18)27-24-14)20(26)25(13-16-5-2-3-9-22-16)17-6-4-8-21-10-7-17/h2-3,5,9,11-12,17,21H,4,6-8,10,13H2,1H3. The second kappa shape index (κ2) is 7.84. The van der Waals surface area contributed by atoms with Crippen molar-refractivity contribution in [3.8, 4) is 0 Å². The average molecular weight is 365 g/mol. The van der Waals surface area contributed by atoms with Gasteiger partial charge in [0.1, 0.15) is 0 Å². The summed E-state index contributed by atoms with van der Waals surface area (Å²) in [7, 11) is 0. The molecule has 1 amide bonds. The molecule has 1 N–H and O–H groups in total. The van der Waals surface area contributed by atoms with E-state index in [4.69, 9.17) is 4.52 Å². The minimum atomic E-state index is -0.0254. The molecule has 0 spiro atoms. The van der Waals surface area contributed by atoms with Crippen LogP contribution in [0.2, 0.25) is 0 Å². The molecule has 140 valence electrons. The van der Waals surface area contributed by atoms with Crippen LogP contribution >= 0.6 is 0 Å². The van der Waals surface area contributed by atoms with Crippen LogP contribution in [0.3, 0.4) is 0 Å².